The van der Waals surface area contributed by atoms with E-state index < -0.39 is 0 Å². The minimum atomic E-state index is -0.162. The average Bonchev–Trinajstić information content (AvgIpc) is 2.67. The van der Waals surface area contributed by atoms with Gasteiger partial charge in [0.2, 0.25) is 0 Å². The van der Waals surface area contributed by atoms with Crippen molar-refractivity contribution in [1.29, 1.82) is 0 Å². The van der Waals surface area contributed by atoms with Gasteiger partial charge in [-0.3, -0.25) is 4.79 Å². The summed E-state index contributed by atoms with van der Waals surface area (Å²) >= 11 is 0. The number of nitrogens with one attached hydrogen (secondary N) is 1. The molecule has 0 aliphatic carbocycles. The van der Waals surface area contributed by atoms with Crippen molar-refractivity contribution in [3.63, 3.8) is 0 Å². The van der Waals surface area contributed by atoms with E-state index in [1.54, 1.807) is 32.4 Å². The topological polar surface area (TPSA) is 66.0 Å². The van der Waals surface area contributed by atoms with Crippen LogP contribution in [0.15, 0.2) is 42.5 Å². The van der Waals surface area contributed by atoms with Gasteiger partial charge in [0.1, 0.15) is 23.9 Å². The lowest BCUT2D eigenvalue weighted by molar-refractivity contribution is 0.0905. The predicted octanol–water partition coefficient (Wildman–Crippen LogP) is 3.44. The van der Waals surface area contributed by atoms with Gasteiger partial charge in [-0.05, 0) is 44.2 Å². The highest BCUT2D eigenvalue weighted by molar-refractivity contribution is 5.94. The Hall–Kier alpha value is -2.73. The highest BCUT2D eigenvalue weighted by Crippen LogP contribution is 2.24. The number of carbonyl (C=O) groups is 1. The maximum Gasteiger partial charge on any atom is 0.251 e. The van der Waals surface area contributed by atoms with E-state index >= 15 is 0 Å². The van der Waals surface area contributed by atoms with Crippen LogP contribution >= 0.6 is 0 Å². The molecule has 0 saturated heterocycles. The quantitative estimate of drug-likeness (QED) is 0.691. The van der Waals surface area contributed by atoms with Gasteiger partial charge in [-0.1, -0.05) is 6.07 Å². The van der Waals surface area contributed by atoms with Crippen LogP contribution in [0.1, 0.15) is 29.8 Å². The SMILES string of the molecule is CCOc1ccc(C(=O)N[C@H](C)COC)cc1COc1cccc(OC)c1. The summed E-state index contributed by atoms with van der Waals surface area (Å²) in [5.41, 5.74) is 1.34. The Balaban J connectivity index is 2.15. The highest BCUT2D eigenvalue weighted by atomic mass is 16.5. The van der Waals surface area contributed by atoms with E-state index in [-0.39, 0.29) is 18.6 Å². The maximum absolute atomic E-state index is 12.4. The van der Waals surface area contributed by atoms with Crippen LogP contribution in [0.3, 0.4) is 0 Å². The third-order valence-corrected chi connectivity index (χ3v) is 3.85. The molecule has 2 rings (SSSR count). The molecule has 0 aliphatic rings. The van der Waals surface area contributed by atoms with Crippen LogP contribution in [0.5, 0.6) is 17.2 Å². The van der Waals surface area contributed by atoms with Crippen molar-refractivity contribution in [2.75, 3.05) is 27.4 Å². The first-order valence-corrected chi connectivity index (χ1v) is 8.89. The molecule has 1 amide bonds. The number of ether oxygens (including phenoxy) is 4. The first-order chi connectivity index (χ1) is 13.1. The lowest BCUT2D eigenvalue weighted by Crippen LogP contribution is -2.35. The standard InChI is InChI=1S/C21H27NO5/c1-5-26-20-10-9-16(21(23)22-15(2)13-24-3)11-17(20)14-27-19-8-6-7-18(12-19)25-4/h6-12,15H,5,13-14H2,1-4H3,(H,22,23)/t15-/m1/s1. The summed E-state index contributed by atoms with van der Waals surface area (Å²) < 4.78 is 21.8. The number of carbonyl (C=O) groups excluding carboxylic acids is 1. The third-order valence-electron chi connectivity index (χ3n) is 3.85. The summed E-state index contributed by atoms with van der Waals surface area (Å²) in [6.45, 7) is 5.07. The summed E-state index contributed by atoms with van der Waals surface area (Å²) in [6, 6.07) is 12.6. The van der Waals surface area contributed by atoms with Crippen LogP contribution in [0, 0.1) is 0 Å². The van der Waals surface area contributed by atoms with E-state index in [4.69, 9.17) is 18.9 Å². The van der Waals surface area contributed by atoms with E-state index in [1.807, 2.05) is 38.1 Å². The second-order valence-electron chi connectivity index (χ2n) is 6.05. The van der Waals surface area contributed by atoms with Gasteiger partial charge < -0.3 is 24.3 Å². The smallest absolute Gasteiger partial charge is 0.251 e. The monoisotopic (exact) mass is 373 g/mol. The highest BCUT2D eigenvalue weighted by Gasteiger charge is 2.13. The van der Waals surface area contributed by atoms with Crippen LogP contribution < -0.4 is 19.5 Å². The number of rotatable bonds is 10. The van der Waals surface area contributed by atoms with Crippen molar-refractivity contribution >= 4 is 5.91 Å². The number of hydrogen-bond donors (Lipinski definition) is 1. The summed E-state index contributed by atoms with van der Waals surface area (Å²) in [7, 11) is 3.21. The maximum atomic E-state index is 12.4. The number of hydrogen-bond acceptors (Lipinski definition) is 5. The molecule has 0 unspecified atom stereocenters. The fourth-order valence-corrected chi connectivity index (χ4v) is 2.58. The Morgan fingerprint density at radius 1 is 1.07 bits per heavy atom. The van der Waals surface area contributed by atoms with E-state index in [1.165, 1.54) is 0 Å². The zero-order chi connectivity index (χ0) is 19.6. The van der Waals surface area contributed by atoms with Gasteiger partial charge in [0, 0.05) is 30.3 Å². The number of methoxy groups -OCH3 is 2. The molecule has 0 spiro atoms. The van der Waals surface area contributed by atoms with Crippen molar-refractivity contribution in [2.24, 2.45) is 0 Å². The normalized spacial score (nSPS) is 11.6. The second-order valence-corrected chi connectivity index (χ2v) is 6.05. The van der Waals surface area contributed by atoms with Gasteiger partial charge >= 0.3 is 0 Å². The Labute approximate surface area is 160 Å². The molecule has 6 heteroatoms. The van der Waals surface area contributed by atoms with Gasteiger partial charge in [0.05, 0.1) is 20.3 Å². The van der Waals surface area contributed by atoms with Crippen LogP contribution in [-0.2, 0) is 11.3 Å². The molecule has 0 bridgehead atoms. The predicted molar refractivity (Wildman–Crippen MR) is 104 cm³/mol. The second kappa shape index (κ2) is 10.4. The van der Waals surface area contributed by atoms with Crippen molar-refractivity contribution < 1.29 is 23.7 Å². The molecule has 0 aliphatic heterocycles. The van der Waals surface area contributed by atoms with Gasteiger partial charge in [-0.15, -0.1) is 0 Å². The van der Waals surface area contributed by atoms with Gasteiger partial charge in [0.15, 0.2) is 0 Å². The largest absolute Gasteiger partial charge is 0.497 e. The molecule has 0 aromatic heterocycles. The van der Waals surface area contributed by atoms with E-state index in [0.717, 1.165) is 11.3 Å². The minimum Gasteiger partial charge on any atom is -0.497 e. The van der Waals surface area contributed by atoms with Crippen molar-refractivity contribution in [3.05, 3.63) is 53.6 Å². The molecule has 6 nitrogen and oxygen atoms in total. The molecule has 27 heavy (non-hydrogen) atoms. The number of benzene rings is 2. The van der Waals surface area contributed by atoms with E-state index in [2.05, 4.69) is 5.32 Å². The molecule has 0 heterocycles. The third kappa shape index (κ3) is 6.18. The Kier molecular flexibility index (Phi) is 7.95. The van der Waals surface area contributed by atoms with E-state index in [9.17, 15) is 4.79 Å². The summed E-state index contributed by atoms with van der Waals surface area (Å²) in [5.74, 6) is 1.94. The van der Waals surface area contributed by atoms with E-state index in [0.29, 0.717) is 30.3 Å². The minimum absolute atomic E-state index is 0.0782. The van der Waals surface area contributed by atoms with Gasteiger partial charge in [-0.2, -0.15) is 0 Å². The molecule has 2 aromatic carbocycles. The Morgan fingerprint density at radius 2 is 1.85 bits per heavy atom. The zero-order valence-electron chi connectivity index (χ0n) is 16.3. The first kappa shape index (κ1) is 20.6. The first-order valence-electron chi connectivity index (χ1n) is 8.89. The van der Waals surface area contributed by atoms with Crippen LogP contribution in [0.25, 0.3) is 0 Å². The molecular formula is C21H27NO5. The Bertz CT molecular complexity index is 747. The molecule has 0 fully saturated rings. The molecular weight excluding hydrogens is 346 g/mol. The van der Waals surface area contributed by atoms with Crippen LogP contribution in [0.2, 0.25) is 0 Å². The summed E-state index contributed by atoms with van der Waals surface area (Å²) in [5, 5.41) is 2.90. The Morgan fingerprint density at radius 3 is 2.56 bits per heavy atom. The lowest BCUT2D eigenvalue weighted by atomic mass is 10.1. The zero-order valence-corrected chi connectivity index (χ0v) is 16.3. The van der Waals surface area contributed by atoms with Crippen molar-refractivity contribution in [1.82, 2.24) is 5.32 Å². The van der Waals surface area contributed by atoms with Crippen LogP contribution in [-0.4, -0.2) is 39.4 Å². The van der Waals surface area contributed by atoms with Crippen molar-refractivity contribution in [2.45, 2.75) is 26.5 Å². The van der Waals surface area contributed by atoms with Crippen LogP contribution in [0.4, 0.5) is 0 Å². The summed E-state index contributed by atoms with van der Waals surface area (Å²) in [4.78, 5) is 12.4. The molecule has 2 aromatic rings. The van der Waals surface area contributed by atoms with Gasteiger partial charge in [-0.25, -0.2) is 0 Å². The fraction of sp³-hybridized carbons (Fsp3) is 0.381. The average molecular weight is 373 g/mol. The summed E-state index contributed by atoms with van der Waals surface area (Å²) in [6.07, 6.45) is 0. The van der Waals surface area contributed by atoms with Gasteiger partial charge in [0.25, 0.3) is 5.91 Å². The van der Waals surface area contributed by atoms with Crippen molar-refractivity contribution in [3.8, 4) is 17.2 Å². The molecule has 1 atom stereocenters. The molecule has 1 N–H and O–H groups in total. The number of amides is 1. The molecule has 0 saturated carbocycles. The lowest BCUT2D eigenvalue weighted by Gasteiger charge is -2.15. The fourth-order valence-electron chi connectivity index (χ4n) is 2.58. The molecule has 146 valence electrons. The molecule has 0 radical (unpaired) electrons.